The number of aryl methyl sites for hydroxylation is 1. The first-order chi connectivity index (χ1) is 9.08. The molecule has 0 atom stereocenters. The number of hydrogen-bond donors (Lipinski definition) is 0. The molecule has 0 heterocycles. The summed E-state index contributed by atoms with van der Waals surface area (Å²) >= 11 is 3.45. The van der Waals surface area contributed by atoms with Gasteiger partial charge in [0.1, 0.15) is 0 Å². The van der Waals surface area contributed by atoms with Crippen molar-refractivity contribution in [2.75, 3.05) is 7.05 Å². The summed E-state index contributed by atoms with van der Waals surface area (Å²) in [6.07, 6.45) is 0. The standard InChI is InChI=1S/C16H16BrNO/c1-12-8-9-14(15(17)10-12)16(19)18(2)11-13-6-4-3-5-7-13/h3-10H,11H2,1-2H3. The van der Waals surface area contributed by atoms with Gasteiger partial charge >= 0.3 is 0 Å². The molecule has 98 valence electrons. The van der Waals surface area contributed by atoms with Crippen molar-refractivity contribution in [1.29, 1.82) is 0 Å². The van der Waals surface area contributed by atoms with Crippen LogP contribution in [0.3, 0.4) is 0 Å². The van der Waals surface area contributed by atoms with E-state index in [1.54, 1.807) is 4.90 Å². The Labute approximate surface area is 122 Å². The van der Waals surface area contributed by atoms with Gasteiger partial charge in [-0.15, -0.1) is 0 Å². The largest absolute Gasteiger partial charge is 0.337 e. The molecule has 0 N–H and O–H groups in total. The average Bonchev–Trinajstić information content (AvgIpc) is 2.39. The third-order valence-corrected chi connectivity index (χ3v) is 3.62. The fraction of sp³-hybridized carbons (Fsp3) is 0.188. The van der Waals surface area contributed by atoms with Crippen LogP contribution in [0.5, 0.6) is 0 Å². The number of amides is 1. The summed E-state index contributed by atoms with van der Waals surface area (Å²) in [5, 5.41) is 0. The summed E-state index contributed by atoms with van der Waals surface area (Å²) in [5.74, 6) is 0.0238. The van der Waals surface area contributed by atoms with Gasteiger partial charge in [0.05, 0.1) is 5.56 Å². The molecule has 2 nitrogen and oxygen atoms in total. The normalized spacial score (nSPS) is 10.3. The molecule has 1 amide bonds. The van der Waals surface area contributed by atoms with Gasteiger partial charge in [-0.25, -0.2) is 0 Å². The second-order valence-electron chi connectivity index (χ2n) is 4.63. The Morgan fingerprint density at radius 2 is 1.84 bits per heavy atom. The predicted octanol–water partition coefficient (Wildman–Crippen LogP) is 4.03. The molecule has 0 aliphatic heterocycles. The summed E-state index contributed by atoms with van der Waals surface area (Å²) in [6.45, 7) is 2.62. The summed E-state index contributed by atoms with van der Waals surface area (Å²) in [6, 6.07) is 15.8. The first-order valence-corrected chi connectivity index (χ1v) is 6.93. The first kappa shape index (κ1) is 13.8. The highest BCUT2D eigenvalue weighted by Crippen LogP contribution is 2.20. The van der Waals surface area contributed by atoms with Gasteiger partial charge in [-0.2, -0.15) is 0 Å². The third kappa shape index (κ3) is 3.44. The van der Waals surface area contributed by atoms with Crippen molar-refractivity contribution in [3.8, 4) is 0 Å². The van der Waals surface area contributed by atoms with Crippen molar-refractivity contribution >= 4 is 21.8 Å². The second kappa shape index (κ2) is 6.02. The van der Waals surface area contributed by atoms with Crippen LogP contribution in [0.15, 0.2) is 53.0 Å². The molecule has 19 heavy (non-hydrogen) atoms. The lowest BCUT2D eigenvalue weighted by Gasteiger charge is -2.18. The van der Waals surface area contributed by atoms with Crippen LogP contribution in [-0.2, 0) is 6.54 Å². The van der Waals surface area contributed by atoms with Gasteiger partial charge in [0.25, 0.3) is 5.91 Å². The smallest absolute Gasteiger partial charge is 0.255 e. The Morgan fingerprint density at radius 1 is 1.16 bits per heavy atom. The minimum Gasteiger partial charge on any atom is -0.337 e. The Morgan fingerprint density at radius 3 is 2.47 bits per heavy atom. The van der Waals surface area contributed by atoms with Crippen LogP contribution in [0, 0.1) is 6.92 Å². The Balaban J connectivity index is 2.15. The van der Waals surface area contributed by atoms with Crippen LogP contribution >= 0.6 is 15.9 Å². The Hall–Kier alpha value is -1.61. The van der Waals surface area contributed by atoms with E-state index in [1.165, 1.54) is 0 Å². The van der Waals surface area contributed by atoms with Crippen LogP contribution in [0.25, 0.3) is 0 Å². The SMILES string of the molecule is Cc1ccc(C(=O)N(C)Cc2ccccc2)c(Br)c1. The van der Waals surface area contributed by atoms with Crippen LogP contribution in [0.4, 0.5) is 0 Å². The number of nitrogens with zero attached hydrogens (tertiary/aromatic N) is 1. The number of halogens is 1. The highest BCUT2D eigenvalue weighted by molar-refractivity contribution is 9.10. The van der Waals surface area contributed by atoms with Crippen LogP contribution in [0.1, 0.15) is 21.5 Å². The molecular formula is C16H16BrNO. The van der Waals surface area contributed by atoms with Gasteiger partial charge in [-0.05, 0) is 46.1 Å². The molecule has 0 aliphatic rings. The predicted molar refractivity (Wildman–Crippen MR) is 81.1 cm³/mol. The van der Waals surface area contributed by atoms with Crippen molar-refractivity contribution < 1.29 is 4.79 Å². The molecule has 2 aromatic carbocycles. The number of hydrogen-bond acceptors (Lipinski definition) is 1. The maximum Gasteiger partial charge on any atom is 0.255 e. The van der Waals surface area contributed by atoms with Gasteiger partial charge in [0, 0.05) is 18.1 Å². The molecule has 0 aliphatic carbocycles. The zero-order chi connectivity index (χ0) is 13.8. The van der Waals surface area contributed by atoms with Crippen molar-refractivity contribution in [3.63, 3.8) is 0 Å². The monoisotopic (exact) mass is 317 g/mol. The van der Waals surface area contributed by atoms with E-state index in [2.05, 4.69) is 15.9 Å². The lowest BCUT2D eigenvalue weighted by atomic mass is 10.1. The van der Waals surface area contributed by atoms with Crippen molar-refractivity contribution in [2.24, 2.45) is 0 Å². The van der Waals surface area contributed by atoms with E-state index in [-0.39, 0.29) is 5.91 Å². The van der Waals surface area contributed by atoms with E-state index in [0.29, 0.717) is 12.1 Å². The van der Waals surface area contributed by atoms with Gasteiger partial charge in [-0.1, -0.05) is 36.4 Å². The number of benzene rings is 2. The molecule has 0 aromatic heterocycles. The molecule has 0 fully saturated rings. The molecule has 0 saturated heterocycles. The summed E-state index contributed by atoms with van der Waals surface area (Å²) in [7, 11) is 1.82. The molecule has 3 heteroatoms. The number of rotatable bonds is 3. The van der Waals surface area contributed by atoms with Crippen LogP contribution < -0.4 is 0 Å². The van der Waals surface area contributed by atoms with E-state index >= 15 is 0 Å². The van der Waals surface area contributed by atoms with Gasteiger partial charge < -0.3 is 4.90 Å². The number of carbonyl (C=O) groups excluding carboxylic acids is 1. The van der Waals surface area contributed by atoms with Crippen molar-refractivity contribution in [1.82, 2.24) is 4.90 Å². The maximum absolute atomic E-state index is 12.4. The first-order valence-electron chi connectivity index (χ1n) is 6.13. The molecule has 0 radical (unpaired) electrons. The molecule has 0 unspecified atom stereocenters. The minimum atomic E-state index is 0.0238. The molecule has 0 spiro atoms. The Bertz CT molecular complexity index is 581. The summed E-state index contributed by atoms with van der Waals surface area (Å²) in [4.78, 5) is 14.1. The Kier molecular flexibility index (Phi) is 4.38. The lowest BCUT2D eigenvalue weighted by Crippen LogP contribution is -2.26. The van der Waals surface area contributed by atoms with Gasteiger partial charge in [0.15, 0.2) is 0 Å². The number of carbonyl (C=O) groups is 1. The molecule has 0 bridgehead atoms. The third-order valence-electron chi connectivity index (χ3n) is 2.96. The van der Waals surface area contributed by atoms with Crippen LogP contribution in [0.2, 0.25) is 0 Å². The van der Waals surface area contributed by atoms with Crippen LogP contribution in [-0.4, -0.2) is 17.9 Å². The fourth-order valence-electron chi connectivity index (χ4n) is 1.93. The molecule has 2 aromatic rings. The minimum absolute atomic E-state index is 0.0238. The second-order valence-corrected chi connectivity index (χ2v) is 5.48. The van der Waals surface area contributed by atoms with E-state index in [9.17, 15) is 4.79 Å². The molecular weight excluding hydrogens is 302 g/mol. The van der Waals surface area contributed by atoms with E-state index < -0.39 is 0 Å². The maximum atomic E-state index is 12.4. The average molecular weight is 318 g/mol. The van der Waals surface area contributed by atoms with E-state index in [0.717, 1.165) is 15.6 Å². The summed E-state index contributed by atoms with van der Waals surface area (Å²) in [5.41, 5.74) is 2.96. The van der Waals surface area contributed by atoms with E-state index in [1.807, 2.05) is 62.5 Å². The molecule has 0 saturated carbocycles. The molecule has 2 rings (SSSR count). The topological polar surface area (TPSA) is 20.3 Å². The van der Waals surface area contributed by atoms with Gasteiger partial charge in [-0.3, -0.25) is 4.79 Å². The summed E-state index contributed by atoms with van der Waals surface area (Å²) < 4.78 is 0.845. The van der Waals surface area contributed by atoms with Gasteiger partial charge in [0.2, 0.25) is 0 Å². The highest BCUT2D eigenvalue weighted by atomic mass is 79.9. The van der Waals surface area contributed by atoms with Crippen molar-refractivity contribution in [2.45, 2.75) is 13.5 Å². The van der Waals surface area contributed by atoms with E-state index in [4.69, 9.17) is 0 Å². The zero-order valence-electron chi connectivity index (χ0n) is 11.1. The fourth-order valence-corrected chi connectivity index (χ4v) is 2.59. The lowest BCUT2D eigenvalue weighted by molar-refractivity contribution is 0.0784. The highest BCUT2D eigenvalue weighted by Gasteiger charge is 2.14. The quantitative estimate of drug-likeness (QED) is 0.837. The van der Waals surface area contributed by atoms with Crippen molar-refractivity contribution in [3.05, 3.63) is 69.7 Å². The zero-order valence-corrected chi connectivity index (χ0v) is 12.6.